The smallest absolute Gasteiger partial charge is 0.290 e. The van der Waals surface area contributed by atoms with E-state index in [4.69, 9.17) is 4.74 Å². The summed E-state index contributed by atoms with van der Waals surface area (Å²) in [6.45, 7) is 12.4. The van der Waals surface area contributed by atoms with E-state index in [-0.39, 0.29) is 11.7 Å². The summed E-state index contributed by atoms with van der Waals surface area (Å²) in [6.07, 6.45) is 5.94. The normalized spacial score (nSPS) is 20.0. The molecule has 0 spiro atoms. The molecule has 0 saturated carbocycles. The molecule has 1 aliphatic heterocycles. The van der Waals surface area contributed by atoms with Crippen LogP contribution in [0.4, 0.5) is 0 Å². The van der Waals surface area contributed by atoms with Gasteiger partial charge in [-0.25, -0.2) is 14.5 Å². The Morgan fingerprint density at radius 1 is 1.34 bits per heavy atom. The number of carbonyl (C=O) groups is 1. The van der Waals surface area contributed by atoms with Crippen LogP contribution in [0, 0.1) is 11.3 Å². The highest BCUT2D eigenvalue weighted by Gasteiger charge is 2.32. The van der Waals surface area contributed by atoms with Gasteiger partial charge in [-0.05, 0) is 36.2 Å². The second-order valence-corrected chi connectivity index (χ2v) is 11.2. The molecule has 1 atom stereocenters. The Hall–Kier alpha value is -2.10. The van der Waals surface area contributed by atoms with Crippen molar-refractivity contribution < 1.29 is 14.4 Å². The molecule has 1 fully saturated rings. The van der Waals surface area contributed by atoms with Crippen molar-refractivity contribution in [2.45, 2.75) is 46.5 Å². The molecule has 0 aromatic carbocycles. The molecule has 0 unspecified atom stereocenters. The summed E-state index contributed by atoms with van der Waals surface area (Å²) in [4.78, 5) is 25.9. The first kappa shape index (κ1) is 21.7. The lowest BCUT2D eigenvalue weighted by molar-refractivity contribution is -0.908. The molecular formula is C23H33N6O2S+. The summed E-state index contributed by atoms with van der Waals surface area (Å²) >= 11 is 1.78. The van der Waals surface area contributed by atoms with E-state index in [1.165, 1.54) is 16.9 Å². The number of hydrogen-bond donors (Lipinski definition) is 2. The highest BCUT2D eigenvalue weighted by atomic mass is 32.1. The van der Waals surface area contributed by atoms with Crippen LogP contribution in [0.15, 0.2) is 6.33 Å². The minimum atomic E-state index is -0.212. The van der Waals surface area contributed by atoms with Gasteiger partial charge in [0.25, 0.3) is 5.91 Å². The van der Waals surface area contributed by atoms with Crippen LogP contribution in [0.3, 0.4) is 0 Å². The van der Waals surface area contributed by atoms with E-state index < -0.39 is 0 Å². The lowest BCUT2D eigenvalue weighted by atomic mass is 9.72. The maximum absolute atomic E-state index is 12.7. The number of rotatable bonds is 5. The van der Waals surface area contributed by atoms with E-state index in [0.29, 0.717) is 17.9 Å². The number of nitrogens with zero attached hydrogens (tertiary/aromatic N) is 4. The van der Waals surface area contributed by atoms with Gasteiger partial charge in [0, 0.05) is 17.8 Å². The maximum atomic E-state index is 12.7. The zero-order valence-electron chi connectivity index (χ0n) is 19.2. The average molecular weight is 458 g/mol. The number of morpholine rings is 1. The van der Waals surface area contributed by atoms with Gasteiger partial charge < -0.3 is 15.0 Å². The van der Waals surface area contributed by atoms with Gasteiger partial charge in [0.1, 0.15) is 24.2 Å². The minimum absolute atomic E-state index is 0.212. The lowest BCUT2D eigenvalue weighted by Crippen LogP contribution is -3.14. The van der Waals surface area contributed by atoms with Crippen LogP contribution >= 0.6 is 11.3 Å². The van der Waals surface area contributed by atoms with Gasteiger partial charge >= 0.3 is 0 Å². The van der Waals surface area contributed by atoms with Gasteiger partial charge in [0.15, 0.2) is 5.65 Å². The monoisotopic (exact) mass is 457 g/mol. The number of thiophene rings is 1. The number of amides is 1. The van der Waals surface area contributed by atoms with Crippen molar-refractivity contribution in [3.8, 4) is 0 Å². The largest absolute Gasteiger partial charge is 0.370 e. The second kappa shape index (κ2) is 8.68. The summed E-state index contributed by atoms with van der Waals surface area (Å²) in [6, 6.07) is 0. The Bertz CT molecular complexity index is 1130. The third kappa shape index (κ3) is 4.25. The summed E-state index contributed by atoms with van der Waals surface area (Å²) < 4.78 is 7.06. The first-order valence-electron chi connectivity index (χ1n) is 11.8. The number of carbonyl (C=O) groups excluding carboxylic acids is 1. The first-order valence-corrected chi connectivity index (χ1v) is 12.6. The molecule has 1 saturated heterocycles. The summed E-state index contributed by atoms with van der Waals surface area (Å²) in [5.41, 5.74) is 2.42. The van der Waals surface area contributed by atoms with E-state index in [0.717, 1.165) is 68.0 Å². The zero-order chi connectivity index (χ0) is 22.3. The van der Waals surface area contributed by atoms with Crippen molar-refractivity contribution in [3.05, 3.63) is 22.6 Å². The van der Waals surface area contributed by atoms with Crippen molar-refractivity contribution in [2.24, 2.45) is 11.3 Å². The van der Waals surface area contributed by atoms with Crippen LogP contribution in [-0.2, 0) is 17.6 Å². The van der Waals surface area contributed by atoms with Crippen LogP contribution in [0.5, 0.6) is 0 Å². The second-order valence-electron chi connectivity index (χ2n) is 10.2. The van der Waals surface area contributed by atoms with Crippen LogP contribution in [0.2, 0.25) is 0 Å². The number of nitrogens with one attached hydrogen (secondary N) is 2. The topological polar surface area (TPSA) is 85.9 Å². The summed E-state index contributed by atoms with van der Waals surface area (Å²) in [7, 11) is 0. The molecule has 4 heterocycles. The lowest BCUT2D eigenvalue weighted by Gasteiger charge is -2.33. The Morgan fingerprint density at radius 3 is 2.94 bits per heavy atom. The van der Waals surface area contributed by atoms with Crippen LogP contribution in [0.1, 0.15) is 54.7 Å². The fraction of sp³-hybridized carbons (Fsp3) is 0.652. The number of ether oxygens (including phenoxy) is 1. The van der Waals surface area contributed by atoms with Crippen molar-refractivity contribution in [3.63, 3.8) is 0 Å². The molecule has 1 amide bonds. The minimum Gasteiger partial charge on any atom is -0.370 e. The maximum Gasteiger partial charge on any atom is 0.290 e. The standard InChI is InChI=1S/C23H32N6O2S/c1-23(2,3)15-5-6-16-17(13-15)32-22-18(16)20-26-19(27-29(20)14-25-22)21(30)24-7-4-8-28-9-11-31-12-10-28/h14-15H,4-13H2,1-3H3,(H,24,30)/p+1/t15-/m1/s1. The number of hydrogen-bond acceptors (Lipinski definition) is 6. The van der Waals surface area contributed by atoms with E-state index in [1.807, 2.05) is 0 Å². The molecular weight excluding hydrogens is 424 g/mol. The summed E-state index contributed by atoms with van der Waals surface area (Å²) in [5, 5.41) is 8.50. The average Bonchev–Trinajstić information content (AvgIpc) is 3.37. The van der Waals surface area contributed by atoms with Crippen LogP contribution in [0.25, 0.3) is 15.9 Å². The molecule has 5 rings (SSSR count). The number of fused-ring (bicyclic) bond motifs is 5. The molecule has 2 N–H and O–H groups in total. The Balaban J connectivity index is 1.31. The van der Waals surface area contributed by atoms with Gasteiger partial charge in [-0.2, -0.15) is 0 Å². The number of aryl methyl sites for hydroxylation is 1. The van der Waals surface area contributed by atoms with Gasteiger partial charge in [-0.15, -0.1) is 16.4 Å². The molecule has 8 nitrogen and oxygen atoms in total. The fourth-order valence-corrected chi connectivity index (χ4v) is 6.20. The molecule has 2 aliphatic rings. The van der Waals surface area contributed by atoms with Gasteiger partial charge in [0.2, 0.25) is 5.82 Å². The number of quaternary nitrogens is 1. The molecule has 3 aromatic heterocycles. The predicted molar refractivity (Wildman–Crippen MR) is 124 cm³/mol. The molecule has 1 aliphatic carbocycles. The SMILES string of the molecule is CC(C)(C)[C@@H]1CCc2c(sc3ncn4nc(C(=O)NCCC[NH+]5CCOCC5)nc4c23)C1. The van der Waals surface area contributed by atoms with Crippen LogP contribution < -0.4 is 10.2 Å². The Labute approximate surface area is 192 Å². The highest BCUT2D eigenvalue weighted by Crippen LogP contribution is 2.43. The molecule has 0 radical (unpaired) electrons. The van der Waals surface area contributed by atoms with Gasteiger partial charge in [0.05, 0.1) is 25.1 Å². The summed E-state index contributed by atoms with van der Waals surface area (Å²) in [5.74, 6) is 0.689. The Morgan fingerprint density at radius 2 is 2.16 bits per heavy atom. The van der Waals surface area contributed by atoms with E-state index in [9.17, 15) is 4.79 Å². The highest BCUT2D eigenvalue weighted by molar-refractivity contribution is 7.19. The third-order valence-electron chi connectivity index (χ3n) is 7.01. The van der Waals surface area contributed by atoms with Crippen molar-refractivity contribution in [2.75, 3.05) is 39.4 Å². The molecule has 9 heteroatoms. The molecule has 172 valence electrons. The van der Waals surface area contributed by atoms with Gasteiger partial charge in [-0.3, -0.25) is 4.79 Å². The molecule has 3 aromatic rings. The van der Waals surface area contributed by atoms with Gasteiger partial charge in [-0.1, -0.05) is 20.8 Å². The molecule has 32 heavy (non-hydrogen) atoms. The van der Waals surface area contributed by atoms with E-state index >= 15 is 0 Å². The zero-order valence-corrected chi connectivity index (χ0v) is 20.1. The quantitative estimate of drug-likeness (QED) is 0.568. The Kier molecular flexibility index (Phi) is 5.90. The van der Waals surface area contributed by atoms with E-state index in [2.05, 4.69) is 41.2 Å². The van der Waals surface area contributed by atoms with Crippen molar-refractivity contribution in [1.29, 1.82) is 0 Å². The van der Waals surface area contributed by atoms with E-state index in [1.54, 1.807) is 27.1 Å². The van der Waals surface area contributed by atoms with Crippen molar-refractivity contribution in [1.82, 2.24) is 24.9 Å². The number of aromatic nitrogens is 4. The van der Waals surface area contributed by atoms with Crippen LogP contribution in [-0.4, -0.2) is 64.9 Å². The fourth-order valence-electron chi connectivity index (χ4n) is 4.94. The predicted octanol–water partition coefficient (Wildman–Crippen LogP) is 1.53. The third-order valence-corrected chi connectivity index (χ3v) is 8.17. The first-order chi connectivity index (χ1) is 15.4. The van der Waals surface area contributed by atoms with Crippen molar-refractivity contribution >= 4 is 33.1 Å². The molecule has 0 bridgehead atoms.